The zero-order valence-corrected chi connectivity index (χ0v) is 15.4. The third-order valence-corrected chi connectivity index (χ3v) is 5.47. The third kappa shape index (κ3) is 5.66. The van der Waals surface area contributed by atoms with Crippen LogP contribution in [-0.2, 0) is 14.3 Å². The second-order valence-corrected chi connectivity index (χ2v) is 7.51. The molecule has 6 N–H and O–H groups in total. The van der Waals surface area contributed by atoms with Crippen LogP contribution >= 0.6 is 11.8 Å². The molecule has 0 spiro atoms. The minimum absolute atomic E-state index is 0.315. The Balaban J connectivity index is 3.10. The highest BCUT2D eigenvalue weighted by Gasteiger charge is 2.54. The molecule has 150 valence electrons. The van der Waals surface area contributed by atoms with Crippen LogP contribution in [-0.4, -0.2) is 85.2 Å². The summed E-state index contributed by atoms with van der Waals surface area (Å²) >= 11 is 0.961. The first-order valence-electron chi connectivity index (χ1n) is 8.26. The second kappa shape index (κ2) is 10.2. The van der Waals surface area contributed by atoms with Crippen molar-refractivity contribution in [1.82, 2.24) is 5.32 Å². The van der Waals surface area contributed by atoms with Gasteiger partial charge in [0.1, 0.15) is 18.3 Å². The summed E-state index contributed by atoms with van der Waals surface area (Å²) in [7, 11) is 0. The van der Waals surface area contributed by atoms with Gasteiger partial charge in [0.2, 0.25) is 10.8 Å². The van der Waals surface area contributed by atoms with E-state index in [0.29, 0.717) is 18.6 Å². The van der Waals surface area contributed by atoms with E-state index in [-0.39, 0.29) is 6.42 Å². The molecule has 0 aromatic heterocycles. The molecule has 1 fully saturated rings. The molecule has 1 saturated heterocycles. The Kier molecular flexibility index (Phi) is 9.01. The number of unbranched alkanes of at least 4 members (excludes halogenated alkanes) is 1. The van der Waals surface area contributed by atoms with Gasteiger partial charge in [0.25, 0.3) is 0 Å². The van der Waals surface area contributed by atoms with E-state index >= 15 is 0 Å². The van der Waals surface area contributed by atoms with Crippen LogP contribution in [0.2, 0.25) is 0 Å². The van der Waals surface area contributed by atoms with E-state index in [1.165, 1.54) is 6.92 Å². The minimum Gasteiger partial charge on any atom is -0.478 e. The lowest BCUT2D eigenvalue weighted by atomic mass is 9.90. The van der Waals surface area contributed by atoms with Gasteiger partial charge >= 0.3 is 5.97 Å². The predicted octanol–water partition coefficient (Wildman–Crippen LogP) is -1.16. The Bertz CT molecular complexity index is 505. The predicted molar refractivity (Wildman–Crippen MR) is 94.5 cm³/mol. The lowest BCUT2D eigenvalue weighted by molar-refractivity contribution is -0.205. The number of thioether (sulfide) groups is 1. The van der Waals surface area contributed by atoms with Gasteiger partial charge in [-0.15, -0.1) is 18.3 Å². The number of aliphatic hydroxyl groups excluding tert-OH is 4. The smallest absolute Gasteiger partial charge is 0.346 e. The summed E-state index contributed by atoms with van der Waals surface area (Å²) < 4.78 is 5.63. The molecule has 26 heavy (non-hydrogen) atoms. The number of ether oxygens (including phenoxy) is 1. The average Bonchev–Trinajstić information content (AvgIpc) is 2.59. The number of carbonyl (C=O) groups is 2. The molecule has 6 atom stereocenters. The Hall–Kier alpha value is -1.17. The van der Waals surface area contributed by atoms with Crippen LogP contribution in [0.3, 0.4) is 0 Å². The summed E-state index contributed by atoms with van der Waals surface area (Å²) in [6.45, 7) is 3.99. The topological polar surface area (TPSA) is 157 Å². The van der Waals surface area contributed by atoms with E-state index in [4.69, 9.17) is 9.84 Å². The lowest BCUT2D eigenvalue weighted by Gasteiger charge is -2.46. The number of aliphatic hydroxyl groups is 4. The van der Waals surface area contributed by atoms with Gasteiger partial charge in [-0.1, -0.05) is 6.08 Å². The van der Waals surface area contributed by atoms with Crippen molar-refractivity contribution in [3.05, 3.63) is 12.7 Å². The fourth-order valence-electron chi connectivity index (χ4n) is 2.74. The van der Waals surface area contributed by atoms with E-state index in [0.717, 1.165) is 11.8 Å². The van der Waals surface area contributed by atoms with Gasteiger partial charge < -0.3 is 35.6 Å². The number of aliphatic carboxylic acids is 1. The maximum Gasteiger partial charge on any atom is 0.346 e. The summed E-state index contributed by atoms with van der Waals surface area (Å²) in [4.78, 5) is 21.4. The quantitative estimate of drug-likeness (QED) is 0.199. The van der Waals surface area contributed by atoms with Crippen LogP contribution in [0.5, 0.6) is 0 Å². The maximum atomic E-state index is 11.9. The summed E-state index contributed by atoms with van der Waals surface area (Å²) in [5.74, 6) is -1.45. The molecule has 0 aromatic rings. The van der Waals surface area contributed by atoms with E-state index in [1.807, 2.05) is 0 Å². The van der Waals surface area contributed by atoms with Crippen LogP contribution in [0, 0.1) is 0 Å². The summed E-state index contributed by atoms with van der Waals surface area (Å²) in [5, 5.41) is 51.6. The standard InChI is InChI=1S/C16H27NO8S/c1-3-4-5-6-26-16(15(23)24)7-10(20)12(17-9(2)19)14(25-16)13(22)11(21)8-18/h3,10-14,18,20-22H,1,4-8H2,2H3,(H,17,19)(H,23,24)/t10-,11+,12+,13+,14+,16-/m0/s1. The van der Waals surface area contributed by atoms with Crippen molar-refractivity contribution in [2.24, 2.45) is 0 Å². The molecule has 1 heterocycles. The molecular formula is C16H27NO8S. The molecule has 1 amide bonds. The molecule has 9 nitrogen and oxygen atoms in total. The highest BCUT2D eigenvalue weighted by Crippen LogP contribution is 2.40. The van der Waals surface area contributed by atoms with Crippen LogP contribution < -0.4 is 5.32 Å². The van der Waals surface area contributed by atoms with Gasteiger partial charge in [0.15, 0.2) is 0 Å². The van der Waals surface area contributed by atoms with Crippen molar-refractivity contribution in [3.8, 4) is 0 Å². The van der Waals surface area contributed by atoms with Gasteiger partial charge in [-0.25, -0.2) is 4.79 Å². The second-order valence-electron chi connectivity index (χ2n) is 6.16. The number of nitrogens with one attached hydrogen (secondary N) is 1. The van der Waals surface area contributed by atoms with E-state index in [1.54, 1.807) is 6.08 Å². The van der Waals surface area contributed by atoms with Crippen molar-refractivity contribution in [3.63, 3.8) is 0 Å². The first-order chi connectivity index (χ1) is 12.2. The minimum atomic E-state index is -1.85. The largest absolute Gasteiger partial charge is 0.478 e. The molecule has 0 bridgehead atoms. The zero-order chi connectivity index (χ0) is 19.9. The molecule has 0 aliphatic carbocycles. The van der Waals surface area contributed by atoms with Crippen LogP contribution in [0.25, 0.3) is 0 Å². The molecule has 0 unspecified atom stereocenters. The number of carboxylic acid groups (broad SMARTS) is 1. The Morgan fingerprint density at radius 1 is 1.46 bits per heavy atom. The summed E-state index contributed by atoms with van der Waals surface area (Å²) in [5.41, 5.74) is 0. The van der Waals surface area contributed by atoms with Gasteiger partial charge in [-0.2, -0.15) is 0 Å². The molecule has 10 heteroatoms. The van der Waals surface area contributed by atoms with Gasteiger partial charge in [0.05, 0.1) is 18.8 Å². The number of carbonyl (C=O) groups excluding carboxylic acids is 1. The maximum absolute atomic E-state index is 11.9. The normalized spacial score (nSPS) is 31.0. The van der Waals surface area contributed by atoms with Crippen molar-refractivity contribution < 1.29 is 39.9 Å². The highest BCUT2D eigenvalue weighted by molar-refractivity contribution is 8.01. The number of amides is 1. The fourth-order valence-corrected chi connectivity index (χ4v) is 3.97. The first kappa shape index (κ1) is 22.9. The summed E-state index contributed by atoms with van der Waals surface area (Å²) in [6.07, 6.45) is -3.39. The van der Waals surface area contributed by atoms with Crippen LogP contribution in [0.4, 0.5) is 0 Å². The average molecular weight is 393 g/mol. The molecule has 1 aliphatic rings. The molecule has 1 aliphatic heterocycles. The van der Waals surface area contributed by atoms with Gasteiger partial charge in [0, 0.05) is 13.3 Å². The van der Waals surface area contributed by atoms with Crippen molar-refractivity contribution in [2.75, 3.05) is 12.4 Å². The molecule has 0 radical (unpaired) electrons. The van der Waals surface area contributed by atoms with E-state index in [9.17, 15) is 30.0 Å². The Morgan fingerprint density at radius 2 is 2.12 bits per heavy atom. The van der Waals surface area contributed by atoms with Crippen LogP contribution in [0.15, 0.2) is 12.7 Å². The molecule has 0 saturated carbocycles. The van der Waals surface area contributed by atoms with Crippen LogP contribution in [0.1, 0.15) is 26.2 Å². The first-order valence-corrected chi connectivity index (χ1v) is 9.25. The van der Waals surface area contributed by atoms with Crippen molar-refractivity contribution in [2.45, 2.75) is 61.6 Å². The lowest BCUT2D eigenvalue weighted by Crippen LogP contribution is -2.66. The van der Waals surface area contributed by atoms with Crippen molar-refractivity contribution >= 4 is 23.6 Å². The third-order valence-electron chi connectivity index (χ3n) is 4.07. The number of carboxylic acids is 1. The highest BCUT2D eigenvalue weighted by atomic mass is 32.2. The SMILES string of the molecule is C=CCCCS[C@]1(C(=O)O)C[C@H](O)[C@@H](NC(C)=O)[C@H]([C@H](O)[C@H](O)CO)O1. The fraction of sp³-hybridized carbons (Fsp3) is 0.750. The van der Waals surface area contributed by atoms with E-state index < -0.39 is 53.9 Å². The van der Waals surface area contributed by atoms with Gasteiger partial charge in [-0.3, -0.25) is 4.79 Å². The van der Waals surface area contributed by atoms with Gasteiger partial charge in [-0.05, 0) is 18.6 Å². The molecule has 0 aromatic carbocycles. The van der Waals surface area contributed by atoms with Crippen molar-refractivity contribution in [1.29, 1.82) is 0 Å². The Labute approximate surface area is 156 Å². The Morgan fingerprint density at radius 3 is 2.62 bits per heavy atom. The number of allylic oxidation sites excluding steroid dienone is 1. The number of hydrogen-bond acceptors (Lipinski definition) is 8. The number of hydrogen-bond donors (Lipinski definition) is 6. The zero-order valence-electron chi connectivity index (χ0n) is 14.6. The van der Waals surface area contributed by atoms with E-state index in [2.05, 4.69) is 11.9 Å². The summed E-state index contributed by atoms with van der Waals surface area (Å²) in [6, 6.07) is -1.13. The number of rotatable bonds is 10. The molecule has 1 rings (SSSR count). The monoisotopic (exact) mass is 393 g/mol. The molecular weight excluding hydrogens is 366 g/mol.